The Labute approximate surface area is 163 Å². The normalized spacial score (nSPS) is 19.4. The minimum Gasteiger partial charge on any atom is -0.445 e. The molecule has 1 heterocycles. The number of rotatable bonds is 4. The molecule has 0 aliphatic carbocycles. The van der Waals surface area contributed by atoms with Gasteiger partial charge in [0.05, 0.1) is 17.6 Å². The zero-order valence-corrected chi connectivity index (χ0v) is 16.0. The largest absolute Gasteiger partial charge is 0.445 e. The Balaban J connectivity index is 1.66. The molecule has 1 saturated heterocycles. The molecule has 2 aromatic carbocycles. The van der Waals surface area contributed by atoms with Crippen molar-refractivity contribution < 1.29 is 18.7 Å². The topological polar surface area (TPSA) is 75.9 Å². The summed E-state index contributed by atoms with van der Waals surface area (Å²) in [5, 5.41) is 0. The number of piperazine rings is 1. The fraction of sp³-hybridized carbons (Fsp3) is 0.333. The van der Waals surface area contributed by atoms with Crippen LogP contribution >= 0.6 is 0 Å². The maximum Gasteiger partial charge on any atom is 0.410 e. The number of carbonyl (C=O) groups is 2. The molecule has 2 amide bonds. The summed E-state index contributed by atoms with van der Waals surface area (Å²) < 4.78 is 19.6. The monoisotopic (exact) mass is 385 g/mol. The molecule has 1 fully saturated rings. The summed E-state index contributed by atoms with van der Waals surface area (Å²) in [5.74, 6) is -1.44. The van der Waals surface area contributed by atoms with Crippen molar-refractivity contribution in [2.24, 2.45) is 5.73 Å². The van der Waals surface area contributed by atoms with Crippen molar-refractivity contribution in [3.05, 3.63) is 65.5 Å². The third-order valence-corrected chi connectivity index (χ3v) is 4.92. The van der Waals surface area contributed by atoms with Gasteiger partial charge in [-0.25, -0.2) is 9.18 Å². The highest BCUT2D eigenvalue weighted by atomic mass is 19.1. The van der Waals surface area contributed by atoms with Crippen molar-refractivity contribution in [2.45, 2.75) is 32.5 Å². The molecule has 0 saturated carbocycles. The number of halogens is 1. The minimum atomic E-state index is -0.795. The van der Waals surface area contributed by atoms with Gasteiger partial charge in [-0.15, -0.1) is 0 Å². The first-order valence-corrected chi connectivity index (χ1v) is 9.20. The first-order chi connectivity index (χ1) is 13.4. The molecule has 0 aromatic heterocycles. The molecule has 0 bridgehead atoms. The summed E-state index contributed by atoms with van der Waals surface area (Å²) in [6.45, 7) is 5.14. The summed E-state index contributed by atoms with van der Waals surface area (Å²) in [7, 11) is 0. The van der Waals surface area contributed by atoms with Crippen LogP contribution in [-0.4, -0.2) is 42.1 Å². The molecular formula is C21H24FN3O3. The summed E-state index contributed by atoms with van der Waals surface area (Å²) in [4.78, 5) is 27.5. The molecule has 2 aromatic rings. The predicted molar refractivity (Wildman–Crippen MR) is 105 cm³/mol. The molecule has 7 heteroatoms. The smallest absolute Gasteiger partial charge is 0.410 e. The maximum atomic E-state index is 14.1. The lowest BCUT2D eigenvalue weighted by atomic mass is 10.1. The predicted octanol–water partition coefficient (Wildman–Crippen LogP) is 3.16. The lowest BCUT2D eigenvalue weighted by molar-refractivity contribution is 0.0614. The van der Waals surface area contributed by atoms with E-state index in [1.165, 1.54) is 12.1 Å². The highest BCUT2D eigenvalue weighted by molar-refractivity contribution is 5.93. The molecule has 148 valence electrons. The Morgan fingerprint density at radius 2 is 1.75 bits per heavy atom. The summed E-state index contributed by atoms with van der Waals surface area (Å²) in [6.07, 6.45) is -0.362. The molecule has 0 radical (unpaired) electrons. The number of anilines is 1. The van der Waals surface area contributed by atoms with E-state index in [9.17, 15) is 14.0 Å². The van der Waals surface area contributed by atoms with E-state index in [2.05, 4.69) is 0 Å². The molecule has 6 nitrogen and oxygen atoms in total. The number of hydrogen-bond acceptors (Lipinski definition) is 4. The zero-order valence-electron chi connectivity index (χ0n) is 16.0. The van der Waals surface area contributed by atoms with Crippen LogP contribution in [-0.2, 0) is 11.3 Å². The van der Waals surface area contributed by atoms with E-state index in [1.54, 1.807) is 11.0 Å². The van der Waals surface area contributed by atoms with Crippen LogP contribution in [0.2, 0.25) is 0 Å². The number of amides is 2. The number of hydrogen-bond donors (Lipinski definition) is 1. The van der Waals surface area contributed by atoms with Gasteiger partial charge in [-0.2, -0.15) is 0 Å². The number of primary amides is 1. The van der Waals surface area contributed by atoms with Crippen LogP contribution in [0.15, 0.2) is 48.5 Å². The van der Waals surface area contributed by atoms with Gasteiger partial charge in [0.2, 0.25) is 0 Å². The lowest BCUT2D eigenvalue weighted by Gasteiger charge is -2.44. The van der Waals surface area contributed by atoms with Crippen molar-refractivity contribution in [1.82, 2.24) is 4.90 Å². The van der Waals surface area contributed by atoms with Crippen molar-refractivity contribution in [2.75, 3.05) is 18.0 Å². The van der Waals surface area contributed by atoms with Gasteiger partial charge < -0.3 is 15.4 Å². The number of carbonyl (C=O) groups excluding carboxylic acids is 2. The van der Waals surface area contributed by atoms with E-state index in [1.807, 2.05) is 49.1 Å². The first-order valence-electron chi connectivity index (χ1n) is 9.20. The van der Waals surface area contributed by atoms with E-state index in [-0.39, 0.29) is 30.3 Å². The minimum absolute atomic E-state index is 0.120. The van der Waals surface area contributed by atoms with Crippen LogP contribution in [0, 0.1) is 5.82 Å². The van der Waals surface area contributed by atoms with Gasteiger partial charge in [0, 0.05) is 18.8 Å². The van der Waals surface area contributed by atoms with Gasteiger partial charge in [-0.1, -0.05) is 30.3 Å². The maximum absolute atomic E-state index is 14.1. The van der Waals surface area contributed by atoms with Crippen LogP contribution < -0.4 is 10.6 Å². The molecule has 2 unspecified atom stereocenters. The number of ether oxygens (including phenoxy) is 1. The third kappa shape index (κ3) is 4.24. The molecule has 3 rings (SSSR count). The Morgan fingerprint density at radius 3 is 2.32 bits per heavy atom. The van der Waals surface area contributed by atoms with E-state index in [0.717, 1.165) is 5.56 Å². The Morgan fingerprint density at radius 1 is 1.11 bits per heavy atom. The second kappa shape index (κ2) is 8.29. The molecule has 28 heavy (non-hydrogen) atoms. The van der Waals surface area contributed by atoms with E-state index in [4.69, 9.17) is 10.5 Å². The Kier molecular flexibility index (Phi) is 5.82. The van der Waals surface area contributed by atoms with E-state index >= 15 is 0 Å². The molecule has 0 spiro atoms. The average Bonchev–Trinajstić information content (AvgIpc) is 2.66. The Hall–Kier alpha value is -3.09. The summed E-state index contributed by atoms with van der Waals surface area (Å²) in [6, 6.07) is 13.7. The van der Waals surface area contributed by atoms with Crippen LogP contribution in [0.3, 0.4) is 0 Å². The van der Waals surface area contributed by atoms with Gasteiger partial charge >= 0.3 is 6.09 Å². The first kappa shape index (κ1) is 19.7. The van der Waals surface area contributed by atoms with Crippen LogP contribution in [0.5, 0.6) is 0 Å². The quantitative estimate of drug-likeness (QED) is 0.877. The van der Waals surface area contributed by atoms with Gasteiger partial charge in [-0.05, 0) is 37.6 Å². The number of nitrogens with zero attached hydrogens (tertiary/aromatic N) is 2. The highest BCUT2D eigenvalue weighted by Gasteiger charge is 2.34. The SMILES string of the molecule is CC1CN(c2ccc(C(N)=O)c(F)c2)CC(C)N1C(=O)OCc1ccccc1. The van der Waals surface area contributed by atoms with Crippen LogP contribution in [0.1, 0.15) is 29.8 Å². The van der Waals surface area contributed by atoms with Gasteiger partial charge in [-0.3, -0.25) is 9.69 Å². The number of benzene rings is 2. The molecule has 2 atom stereocenters. The second-order valence-corrected chi connectivity index (χ2v) is 7.08. The van der Waals surface area contributed by atoms with Crippen molar-refractivity contribution in [3.8, 4) is 0 Å². The second-order valence-electron chi connectivity index (χ2n) is 7.08. The molecule has 2 N–H and O–H groups in total. The van der Waals surface area contributed by atoms with Crippen molar-refractivity contribution >= 4 is 17.7 Å². The fourth-order valence-corrected chi connectivity index (χ4v) is 3.59. The van der Waals surface area contributed by atoms with Gasteiger partial charge in [0.15, 0.2) is 0 Å². The van der Waals surface area contributed by atoms with Crippen molar-refractivity contribution in [3.63, 3.8) is 0 Å². The van der Waals surface area contributed by atoms with Gasteiger partial charge in [0.1, 0.15) is 12.4 Å². The zero-order chi connectivity index (χ0) is 20.3. The highest BCUT2D eigenvalue weighted by Crippen LogP contribution is 2.25. The van der Waals surface area contributed by atoms with Crippen molar-refractivity contribution in [1.29, 1.82) is 0 Å². The standard InChI is InChI=1S/C21H24FN3O3/c1-14-11-24(17-8-9-18(20(23)26)19(22)10-17)12-15(2)25(14)21(27)28-13-16-6-4-3-5-7-16/h3-10,14-15H,11-13H2,1-2H3,(H2,23,26). The molecule has 1 aliphatic heterocycles. The van der Waals surface area contributed by atoms with Gasteiger partial charge in [0.25, 0.3) is 5.91 Å². The Bertz CT molecular complexity index is 847. The van der Waals surface area contributed by atoms with Crippen LogP contribution in [0.25, 0.3) is 0 Å². The lowest BCUT2D eigenvalue weighted by Crippen LogP contribution is -2.58. The summed E-state index contributed by atoms with van der Waals surface area (Å²) in [5.41, 5.74) is 6.61. The molecular weight excluding hydrogens is 361 g/mol. The fourth-order valence-electron chi connectivity index (χ4n) is 3.59. The average molecular weight is 385 g/mol. The molecule has 1 aliphatic rings. The van der Waals surface area contributed by atoms with Crippen LogP contribution in [0.4, 0.5) is 14.9 Å². The van der Waals surface area contributed by atoms with E-state index in [0.29, 0.717) is 18.8 Å². The van der Waals surface area contributed by atoms with E-state index < -0.39 is 11.7 Å². The third-order valence-electron chi connectivity index (χ3n) is 4.92. The number of nitrogens with two attached hydrogens (primary N) is 1. The summed E-state index contributed by atoms with van der Waals surface area (Å²) >= 11 is 0.